The Labute approximate surface area is 153 Å². The molecule has 1 aromatic heterocycles. The molecule has 26 heavy (non-hydrogen) atoms. The molecule has 2 fully saturated rings. The van der Waals surface area contributed by atoms with Crippen molar-refractivity contribution in [2.45, 2.75) is 37.8 Å². The topological polar surface area (TPSA) is 121 Å². The van der Waals surface area contributed by atoms with Gasteiger partial charge in [0.15, 0.2) is 0 Å². The maximum atomic E-state index is 12.3. The van der Waals surface area contributed by atoms with Crippen LogP contribution >= 0.6 is 0 Å². The summed E-state index contributed by atoms with van der Waals surface area (Å²) in [6, 6.07) is 2.70. The van der Waals surface area contributed by atoms with Crippen LogP contribution in [0.4, 0.5) is 5.82 Å². The van der Waals surface area contributed by atoms with E-state index in [1.807, 2.05) is 0 Å². The first kappa shape index (κ1) is 18.6. The lowest BCUT2D eigenvalue weighted by Crippen LogP contribution is -2.40. The molecule has 1 aliphatic carbocycles. The van der Waals surface area contributed by atoms with Crippen molar-refractivity contribution < 1.29 is 14.7 Å². The Bertz CT molecular complexity index is 630. The van der Waals surface area contributed by atoms with Crippen LogP contribution in [0.15, 0.2) is 18.3 Å². The number of anilines is 1. The number of nitrogens with two attached hydrogens (primary N) is 1. The predicted octanol–water partition coefficient (Wildman–Crippen LogP) is -0.255. The van der Waals surface area contributed by atoms with Crippen LogP contribution in [0, 0.1) is 5.92 Å². The van der Waals surface area contributed by atoms with E-state index in [0.717, 1.165) is 19.6 Å². The number of amides is 2. The average molecular weight is 361 g/mol. The minimum Gasteiger partial charge on any atom is -0.391 e. The maximum absolute atomic E-state index is 12.3. The van der Waals surface area contributed by atoms with E-state index in [0.29, 0.717) is 30.8 Å². The number of nitrogens with one attached hydrogen (secondary N) is 2. The first-order chi connectivity index (χ1) is 12.5. The summed E-state index contributed by atoms with van der Waals surface area (Å²) in [5.74, 6) is -0.308. The number of hydrogen-bond acceptors (Lipinski definition) is 6. The van der Waals surface area contributed by atoms with Crippen molar-refractivity contribution >= 4 is 17.6 Å². The van der Waals surface area contributed by atoms with Crippen LogP contribution < -0.4 is 16.4 Å². The number of carbonyl (C=O) groups is 2. The molecule has 1 aromatic rings. The number of aliphatic hydroxyl groups is 1. The highest BCUT2D eigenvalue weighted by atomic mass is 16.3. The number of rotatable bonds is 6. The Hall–Kier alpha value is -2.19. The van der Waals surface area contributed by atoms with Gasteiger partial charge in [0, 0.05) is 25.2 Å². The number of pyridine rings is 1. The van der Waals surface area contributed by atoms with Crippen LogP contribution in [0.1, 0.15) is 36.0 Å². The summed E-state index contributed by atoms with van der Waals surface area (Å²) >= 11 is 0. The Morgan fingerprint density at radius 1 is 1.27 bits per heavy atom. The van der Waals surface area contributed by atoms with Crippen LogP contribution in [-0.4, -0.2) is 65.1 Å². The highest BCUT2D eigenvalue weighted by Crippen LogP contribution is 2.26. The molecule has 0 aromatic carbocycles. The zero-order valence-electron chi connectivity index (χ0n) is 14.9. The van der Waals surface area contributed by atoms with Crippen LogP contribution in [-0.2, 0) is 4.79 Å². The van der Waals surface area contributed by atoms with Crippen molar-refractivity contribution in [3.8, 4) is 0 Å². The van der Waals surface area contributed by atoms with Gasteiger partial charge < -0.3 is 26.4 Å². The number of carbonyl (C=O) groups excluding carboxylic acids is 2. The standard InChI is InChI=1S/C18H27N5O3/c19-16-4-3-12(11-21-16)18(26)22-14-9-13(10-15(14)24)17(25)20-5-8-23-6-1-2-7-23/h3-4,11,13-15,24H,1-2,5-10H2,(H2,19,21)(H,20,25)(H,22,26)/t13-,14-,15-/m0/s1. The summed E-state index contributed by atoms with van der Waals surface area (Å²) in [5.41, 5.74) is 5.89. The first-order valence-electron chi connectivity index (χ1n) is 9.23. The summed E-state index contributed by atoms with van der Waals surface area (Å²) in [7, 11) is 0. The second-order valence-electron chi connectivity index (χ2n) is 7.13. The first-order valence-corrected chi connectivity index (χ1v) is 9.23. The maximum Gasteiger partial charge on any atom is 0.253 e. The molecule has 8 heteroatoms. The van der Waals surface area contributed by atoms with E-state index >= 15 is 0 Å². The smallest absolute Gasteiger partial charge is 0.253 e. The summed E-state index contributed by atoms with van der Waals surface area (Å²) in [4.78, 5) is 30.8. The molecule has 3 rings (SSSR count). The molecular formula is C18H27N5O3. The molecule has 1 saturated carbocycles. The highest BCUT2D eigenvalue weighted by molar-refractivity contribution is 5.94. The van der Waals surface area contributed by atoms with Crippen LogP contribution in [0.3, 0.4) is 0 Å². The van der Waals surface area contributed by atoms with Crippen molar-refractivity contribution in [3.05, 3.63) is 23.9 Å². The number of aliphatic hydroxyl groups excluding tert-OH is 1. The molecule has 1 saturated heterocycles. The van der Waals surface area contributed by atoms with E-state index in [4.69, 9.17) is 5.73 Å². The number of nitrogens with zero attached hydrogens (tertiary/aromatic N) is 2. The summed E-state index contributed by atoms with van der Waals surface area (Å²) in [6.07, 6.45) is 3.93. The molecule has 8 nitrogen and oxygen atoms in total. The average Bonchev–Trinajstić information content (AvgIpc) is 3.26. The lowest BCUT2D eigenvalue weighted by Gasteiger charge is -2.17. The fourth-order valence-electron chi connectivity index (χ4n) is 3.66. The van der Waals surface area contributed by atoms with Gasteiger partial charge in [-0.15, -0.1) is 0 Å². The van der Waals surface area contributed by atoms with Gasteiger partial charge in [-0.2, -0.15) is 0 Å². The van der Waals surface area contributed by atoms with Crippen molar-refractivity contribution in [3.63, 3.8) is 0 Å². The zero-order chi connectivity index (χ0) is 18.5. The molecule has 0 radical (unpaired) electrons. The third kappa shape index (κ3) is 4.70. The summed E-state index contributed by atoms with van der Waals surface area (Å²) in [5, 5.41) is 16.0. The van der Waals surface area contributed by atoms with Crippen molar-refractivity contribution in [2.75, 3.05) is 31.9 Å². The largest absolute Gasteiger partial charge is 0.391 e. The SMILES string of the molecule is Nc1ccc(C(=O)N[C@H]2C[C@H](C(=O)NCCN3CCCC3)C[C@@H]2O)cn1. The molecule has 1 aliphatic heterocycles. The number of likely N-dealkylation sites (tertiary alicyclic amines) is 1. The minimum absolute atomic E-state index is 0.0471. The Kier molecular flexibility index (Phi) is 6.05. The van der Waals surface area contributed by atoms with E-state index in [2.05, 4.69) is 20.5 Å². The third-order valence-corrected chi connectivity index (χ3v) is 5.19. The van der Waals surface area contributed by atoms with Gasteiger partial charge in [0.25, 0.3) is 5.91 Å². The third-order valence-electron chi connectivity index (χ3n) is 5.19. The van der Waals surface area contributed by atoms with E-state index in [1.54, 1.807) is 12.1 Å². The zero-order valence-corrected chi connectivity index (χ0v) is 14.9. The Balaban J connectivity index is 1.44. The number of aromatic nitrogens is 1. The van der Waals surface area contributed by atoms with Gasteiger partial charge in [0.2, 0.25) is 5.91 Å². The second kappa shape index (κ2) is 8.46. The molecular weight excluding hydrogens is 334 g/mol. The van der Waals surface area contributed by atoms with Gasteiger partial charge in [0.1, 0.15) is 5.82 Å². The molecule has 0 bridgehead atoms. The van der Waals surface area contributed by atoms with Gasteiger partial charge in [-0.3, -0.25) is 9.59 Å². The summed E-state index contributed by atoms with van der Waals surface area (Å²) in [6.45, 7) is 3.70. The van der Waals surface area contributed by atoms with Crippen LogP contribution in [0.25, 0.3) is 0 Å². The fourth-order valence-corrected chi connectivity index (χ4v) is 3.66. The molecule has 0 unspecified atom stereocenters. The quantitative estimate of drug-likeness (QED) is 0.554. The monoisotopic (exact) mass is 361 g/mol. The molecule has 0 spiro atoms. The van der Waals surface area contributed by atoms with Crippen molar-refractivity contribution in [1.29, 1.82) is 0 Å². The molecule has 2 heterocycles. The van der Waals surface area contributed by atoms with Gasteiger partial charge in [0.05, 0.1) is 17.7 Å². The van der Waals surface area contributed by atoms with Gasteiger partial charge >= 0.3 is 0 Å². The van der Waals surface area contributed by atoms with E-state index < -0.39 is 12.1 Å². The lowest BCUT2D eigenvalue weighted by atomic mass is 10.1. The second-order valence-corrected chi connectivity index (χ2v) is 7.13. The number of hydrogen-bond donors (Lipinski definition) is 4. The van der Waals surface area contributed by atoms with Crippen LogP contribution in [0.5, 0.6) is 0 Å². The van der Waals surface area contributed by atoms with Crippen molar-refractivity contribution in [1.82, 2.24) is 20.5 Å². The highest BCUT2D eigenvalue weighted by Gasteiger charge is 2.37. The fraction of sp³-hybridized carbons (Fsp3) is 0.611. The molecule has 3 atom stereocenters. The lowest BCUT2D eigenvalue weighted by molar-refractivity contribution is -0.125. The summed E-state index contributed by atoms with van der Waals surface area (Å²) < 4.78 is 0. The molecule has 2 amide bonds. The van der Waals surface area contributed by atoms with E-state index in [-0.39, 0.29) is 17.7 Å². The van der Waals surface area contributed by atoms with E-state index in [9.17, 15) is 14.7 Å². The van der Waals surface area contributed by atoms with Gasteiger partial charge in [-0.25, -0.2) is 4.98 Å². The van der Waals surface area contributed by atoms with Gasteiger partial charge in [-0.05, 0) is 50.9 Å². The van der Waals surface area contributed by atoms with E-state index in [1.165, 1.54) is 19.0 Å². The Morgan fingerprint density at radius 2 is 2.04 bits per heavy atom. The van der Waals surface area contributed by atoms with Crippen molar-refractivity contribution in [2.24, 2.45) is 5.92 Å². The van der Waals surface area contributed by atoms with Gasteiger partial charge in [-0.1, -0.05) is 0 Å². The Morgan fingerprint density at radius 3 is 2.73 bits per heavy atom. The normalized spacial score (nSPS) is 26.0. The number of nitrogen functional groups attached to an aromatic ring is 1. The molecule has 142 valence electrons. The van der Waals surface area contributed by atoms with Crippen LogP contribution in [0.2, 0.25) is 0 Å². The predicted molar refractivity (Wildman–Crippen MR) is 97.3 cm³/mol. The molecule has 2 aliphatic rings. The minimum atomic E-state index is -0.727. The molecule has 5 N–H and O–H groups in total.